The number of fused-ring (bicyclic) bond motifs is 2. The zero-order chi connectivity index (χ0) is 28.7. The third-order valence-corrected chi connectivity index (χ3v) is 7.95. The van der Waals surface area contributed by atoms with Crippen LogP contribution < -0.4 is 10.3 Å². The van der Waals surface area contributed by atoms with E-state index in [4.69, 9.17) is 60.5 Å². The standard InChI is InChI=1S/C30H16BrCl4N3O3/c31-22-13-20(33)11-18(28(22)40-15-16-5-7-23(34)24(35)9-16)14-36-38-29(37-25-4-2-1-3-21(25)30(38)39)27-12-17-10-19(32)6-8-26(17)41-27/h1-14H,15H2. The fourth-order valence-electron chi connectivity index (χ4n) is 4.25. The van der Waals surface area contributed by atoms with Gasteiger partial charge in [-0.05, 0) is 82.2 Å². The van der Waals surface area contributed by atoms with Gasteiger partial charge in [-0.15, -0.1) is 0 Å². The maximum absolute atomic E-state index is 13.7. The molecular weight excluding hydrogens is 672 g/mol. The number of para-hydroxylation sites is 1. The number of furan rings is 1. The van der Waals surface area contributed by atoms with Crippen LogP contribution >= 0.6 is 62.3 Å². The molecule has 0 aliphatic heterocycles. The Balaban J connectivity index is 1.45. The second kappa shape index (κ2) is 11.5. The summed E-state index contributed by atoms with van der Waals surface area (Å²) in [5.41, 5.74) is 2.06. The highest BCUT2D eigenvalue weighted by Crippen LogP contribution is 2.34. The predicted molar refractivity (Wildman–Crippen MR) is 169 cm³/mol. The monoisotopic (exact) mass is 685 g/mol. The summed E-state index contributed by atoms with van der Waals surface area (Å²) in [5.74, 6) is 1.04. The van der Waals surface area contributed by atoms with Crippen LogP contribution in [0.2, 0.25) is 20.1 Å². The normalized spacial score (nSPS) is 11.6. The summed E-state index contributed by atoms with van der Waals surface area (Å²) in [7, 11) is 0. The molecule has 2 heterocycles. The highest BCUT2D eigenvalue weighted by atomic mass is 79.9. The Kier molecular flexibility index (Phi) is 7.81. The molecule has 0 atom stereocenters. The first-order chi connectivity index (χ1) is 19.8. The van der Waals surface area contributed by atoms with Crippen LogP contribution in [0.1, 0.15) is 11.1 Å². The Hall–Kier alpha value is -3.33. The molecule has 0 N–H and O–H groups in total. The molecule has 6 nitrogen and oxygen atoms in total. The molecule has 204 valence electrons. The van der Waals surface area contributed by atoms with Crippen LogP contribution in [0.4, 0.5) is 0 Å². The number of nitrogens with zero attached hydrogens (tertiary/aromatic N) is 3. The second-order valence-electron chi connectivity index (χ2n) is 8.95. The first-order valence-electron chi connectivity index (χ1n) is 12.1. The maximum Gasteiger partial charge on any atom is 0.282 e. The van der Waals surface area contributed by atoms with Gasteiger partial charge in [0.15, 0.2) is 5.76 Å². The van der Waals surface area contributed by atoms with E-state index in [1.165, 1.54) is 10.9 Å². The fourth-order valence-corrected chi connectivity index (χ4v) is 5.70. The highest BCUT2D eigenvalue weighted by molar-refractivity contribution is 9.10. The van der Waals surface area contributed by atoms with E-state index in [0.29, 0.717) is 58.1 Å². The molecule has 2 aromatic heterocycles. The molecule has 0 spiro atoms. The van der Waals surface area contributed by atoms with Crippen molar-refractivity contribution >= 4 is 90.4 Å². The van der Waals surface area contributed by atoms with Gasteiger partial charge in [-0.25, -0.2) is 4.98 Å². The van der Waals surface area contributed by atoms with Crippen molar-refractivity contribution in [3.05, 3.63) is 125 Å². The fraction of sp³-hybridized carbons (Fsp3) is 0.0333. The lowest BCUT2D eigenvalue weighted by Crippen LogP contribution is -2.20. The summed E-state index contributed by atoms with van der Waals surface area (Å²) in [6, 6.07) is 22.7. The van der Waals surface area contributed by atoms with Gasteiger partial charge in [0.1, 0.15) is 17.9 Å². The van der Waals surface area contributed by atoms with E-state index < -0.39 is 0 Å². The first kappa shape index (κ1) is 27.8. The van der Waals surface area contributed by atoms with Gasteiger partial charge in [-0.2, -0.15) is 9.78 Å². The molecule has 41 heavy (non-hydrogen) atoms. The van der Waals surface area contributed by atoms with Crippen molar-refractivity contribution in [3.63, 3.8) is 0 Å². The van der Waals surface area contributed by atoms with Gasteiger partial charge in [-0.1, -0.05) is 64.6 Å². The van der Waals surface area contributed by atoms with Crippen LogP contribution in [-0.4, -0.2) is 15.9 Å². The number of benzene rings is 4. The van der Waals surface area contributed by atoms with Crippen LogP contribution in [0.5, 0.6) is 5.75 Å². The minimum atomic E-state index is -0.375. The minimum absolute atomic E-state index is 0.197. The molecule has 0 radical (unpaired) electrons. The zero-order valence-corrected chi connectivity index (χ0v) is 25.4. The number of ether oxygens (including phenoxy) is 1. The predicted octanol–water partition coefficient (Wildman–Crippen LogP) is 9.65. The average molecular weight is 688 g/mol. The number of rotatable bonds is 6. The van der Waals surface area contributed by atoms with Crippen molar-refractivity contribution in [2.75, 3.05) is 0 Å². The summed E-state index contributed by atoms with van der Waals surface area (Å²) in [6.07, 6.45) is 1.49. The third-order valence-electron chi connectivity index (χ3n) is 6.17. The van der Waals surface area contributed by atoms with Gasteiger partial charge < -0.3 is 9.15 Å². The number of halogens is 5. The molecule has 4 aromatic carbocycles. The van der Waals surface area contributed by atoms with E-state index in [1.54, 1.807) is 66.7 Å². The molecule has 6 aromatic rings. The van der Waals surface area contributed by atoms with Gasteiger partial charge in [-0.3, -0.25) is 4.79 Å². The van der Waals surface area contributed by atoms with Crippen LogP contribution in [0, 0.1) is 0 Å². The van der Waals surface area contributed by atoms with Crippen molar-refractivity contribution in [1.82, 2.24) is 9.66 Å². The summed E-state index contributed by atoms with van der Waals surface area (Å²) >= 11 is 28.3. The topological polar surface area (TPSA) is 69.6 Å². The minimum Gasteiger partial charge on any atom is -0.487 e. The Morgan fingerprint density at radius 3 is 2.59 bits per heavy atom. The molecule has 0 amide bonds. The summed E-state index contributed by atoms with van der Waals surface area (Å²) in [4.78, 5) is 18.4. The maximum atomic E-state index is 13.7. The smallest absolute Gasteiger partial charge is 0.282 e. The number of hydrogen-bond acceptors (Lipinski definition) is 5. The van der Waals surface area contributed by atoms with Crippen LogP contribution in [-0.2, 0) is 6.61 Å². The Morgan fingerprint density at radius 1 is 0.927 bits per heavy atom. The Labute approximate surface area is 261 Å². The first-order valence-corrected chi connectivity index (χ1v) is 14.4. The molecular formula is C30H16BrCl4N3O3. The van der Waals surface area contributed by atoms with Crippen LogP contribution in [0.15, 0.2) is 97.6 Å². The lowest BCUT2D eigenvalue weighted by Gasteiger charge is -2.13. The molecule has 0 saturated carbocycles. The van der Waals surface area contributed by atoms with Gasteiger partial charge in [0.2, 0.25) is 5.82 Å². The molecule has 6 rings (SSSR count). The molecule has 0 aliphatic carbocycles. The van der Waals surface area contributed by atoms with Crippen molar-refractivity contribution in [2.45, 2.75) is 6.61 Å². The van der Waals surface area contributed by atoms with E-state index in [1.807, 2.05) is 12.1 Å². The Morgan fingerprint density at radius 2 is 1.76 bits per heavy atom. The summed E-state index contributed by atoms with van der Waals surface area (Å²) in [5, 5.41) is 7.59. The van der Waals surface area contributed by atoms with Crippen LogP contribution in [0.25, 0.3) is 33.5 Å². The molecule has 0 saturated heterocycles. The molecule has 0 unspecified atom stereocenters. The Bertz CT molecular complexity index is 2060. The third kappa shape index (κ3) is 5.73. The molecule has 0 bridgehead atoms. The average Bonchev–Trinajstić information content (AvgIpc) is 3.37. The zero-order valence-electron chi connectivity index (χ0n) is 20.7. The molecule has 0 fully saturated rings. The number of aromatic nitrogens is 2. The van der Waals surface area contributed by atoms with Gasteiger partial charge in [0.25, 0.3) is 5.56 Å². The SMILES string of the molecule is O=c1c2ccccc2nc(-c2cc3cc(Cl)ccc3o2)n1N=Cc1cc(Cl)cc(Br)c1OCc1ccc(Cl)c(Cl)c1. The van der Waals surface area contributed by atoms with Crippen LogP contribution in [0.3, 0.4) is 0 Å². The highest BCUT2D eigenvalue weighted by Gasteiger charge is 2.17. The molecule has 0 aliphatic rings. The summed E-state index contributed by atoms with van der Waals surface area (Å²) < 4.78 is 14.0. The van der Waals surface area contributed by atoms with Gasteiger partial charge in [0.05, 0.1) is 31.6 Å². The van der Waals surface area contributed by atoms with Crippen molar-refractivity contribution < 1.29 is 9.15 Å². The van der Waals surface area contributed by atoms with E-state index in [-0.39, 0.29) is 18.0 Å². The van der Waals surface area contributed by atoms with E-state index in [2.05, 4.69) is 21.0 Å². The largest absolute Gasteiger partial charge is 0.487 e. The number of hydrogen-bond donors (Lipinski definition) is 0. The summed E-state index contributed by atoms with van der Waals surface area (Å²) in [6.45, 7) is 0.197. The van der Waals surface area contributed by atoms with E-state index >= 15 is 0 Å². The van der Waals surface area contributed by atoms with Crippen molar-refractivity contribution in [1.29, 1.82) is 0 Å². The van der Waals surface area contributed by atoms with E-state index in [9.17, 15) is 4.79 Å². The van der Waals surface area contributed by atoms with Gasteiger partial charge >= 0.3 is 0 Å². The quantitative estimate of drug-likeness (QED) is 0.164. The lowest BCUT2D eigenvalue weighted by atomic mass is 10.2. The van der Waals surface area contributed by atoms with E-state index in [0.717, 1.165) is 10.9 Å². The second-order valence-corrected chi connectivity index (χ2v) is 11.5. The molecule has 11 heteroatoms. The van der Waals surface area contributed by atoms with Crippen molar-refractivity contribution in [2.24, 2.45) is 5.10 Å². The lowest BCUT2D eigenvalue weighted by molar-refractivity contribution is 0.304. The van der Waals surface area contributed by atoms with Crippen molar-refractivity contribution in [3.8, 4) is 17.3 Å². The van der Waals surface area contributed by atoms with Gasteiger partial charge in [0, 0.05) is 21.0 Å².